The highest BCUT2D eigenvalue weighted by atomic mass is 35.5. The summed E-state index contributed by atoms with van der Waals surface area (Å²) in [4.78, 5) is 24.0. The van der Waals surface area contributed by atoms with Crippen LogP contribution in [0.4, 0.5) is 4.39 Å². The number of hydrogen-bond donors (Lipinski definition) is 2. The van der Waals surface area contributed by atoms with Crippen molar-refractivity contribution in [2.45, 2.75) is 19.4 Å². The Kier molecular flexibility index (Phi) is 9.14. The second-order valence-electron chi connectivity index (χ2n) is 6.47. The van der Waals surface area contributed by atoms with Crippen LogP contribution in [0.2, 0.25) is 5.02 Å². The van der Waals surface area contributed by atoms with Crippen LogP contribution in [0, 0.1) is 5.82 Å². The Morgan fingerprint density at radius 3 is 2.45 bits per heavy atom. The predicted octanol–water partition coefficient (Wildman–Crippen LogP) is 3.60. The van der Waals surface area contributed by atoms with Crippen molar-refractivity contribution >= 4 is 23.4 Å². The van der Waals surface area contributed by atoms with E-state index in [0.717, 1.165) is 11.6 Å². The Morgan fingerprint density at radius 1 is 1.03 bits per heavy atom. The molecule has 0 bridgehead atoms. The number of halogens is 2. The molecule has 0 aromatic heterocycles. The molecule has 0 atom stereocenters. The fourth-order valence-electron chi connectivity index (χ4n) is 2.58. The number of allylic oxidation sites excluding steroid dienone is 1. The second kappa shape index (κ2) is 11.8. The molecule has 2 rings (SSSR count). The summed E-state index contributed by atoms with van der Waals surface area (Å²) in [5.74, 6) is 0.148. The maximum Gasteiger partial charge on any atom is 0.262 e. The van der Waals surface area contributed by atoms with E-state index >= 15 is 0 Å². The summed E-state index contributed by atoms with van der Waals surface area (Å²) in [6, 6.07) is 9.19. The van der Waals surface area contributed by atoms with Crippen LogP contribution >= 0.6 is 11.6 Å². The molecule has 0 heterocycles. The monoisotopic (exact) mass is 450 g/mol. The number of amides is 2. The molecule has 31 heavy (non-hydrogen) atoms. The van der Waals surface area contributed by atoms with Gasteiger partial charge in [0.15, 0.2) is 6.61 Å². The molecule has 0 radical (unpaired) electrons. The van der Waals surface area contributed by atoms with E-state index in [2.05, 4.69) is 17.2 Å². The van der Waals surface area contributed by atoms with Crippen molar-refractivity contribution in [2.24, 2.45) is 0 Å². The zero-order chi connectivity index (χ0) is 22.8. The van der Waals surface area contributed by atoms with Gasteiger partial charge in [-0.1, -0.05) is 18.2 Å². The van der Waals surface area contributed by atoms with Gasteiger partial charge in [0, 0.05) is 30.3 Å². The Hall–Kier alpha value is -3.26. The van der Waals surface area contributed by atoms with E-state index in [1.54, 1.807) is 32.4 Å². The number of hydrogen-bond acceptors (Lipinski definition) is 5. The molecule has 2 N–H and O–H groups in total. The van der Waals surface area contributed by atoms with Crippen molar-refractivity contribution in [2.75, 3.05) is 20.8 Å². The first kappa shape index (κ1) is 24.0. The first-order chi connectivity index (χ1) is 14.8. The smallest absolute Gasteiger partial charge is 0.262 e. The van der Waals surface area contributed by atoms with Crippen molar-refractivity contribution in [1.82, 2.24) is 10.6 Å². The van der Waals surface area contributed by atoms with E-state index in [1.165, 1.54) is 12.1 Å². The lowest BCUT2D eigenvalue weighted by Crippen LogP contribution is -2.29. The molecule has 0 saturated carbocycles. The molecular weight excluding hydrogens is 427 g/mol. The first-order valence-electron chi connectivity index (χ1n) is 9.35. The zero-order valence-corrected chi connectivity index (χ0v) is 18.1. The molecule has 166 valence electrons. The number of carbonyl (C=O) groups is 2. The zero-order valence-electron chi connectivity index (χ0n) is 17.3. The van der Waals surface area contributed by atoms with Crippen LogP contribution in [0.5, 0.6) is 17.2 Å². The summed E-state index contributed by atoms with van der Waals surface area (Å²) in [6.45, 7) is 3.67. The first-order valence-corrected chi connectivity index (χ1v) is 9.73. The molecule has 2 amide bonds. The molecule has 0 aliphatic heterocycles. The average molecular weight is 451 g/mol. The number of rotatable bonds is 11. The van der Waals surface area contributed by atoms with Gasteiger partial charge < -0.3 is 24.8 Å². The minimum atomic E-state index is -0.637. The van der Waals surface area contributed by atoms with Gasteiger partial charge in [-0.25, -0.2) is 4.39 Å². The quantitative estimate of drug-likeness (QED) is 0.546. The van der Waals surface area contributed by atoms with E-state index in [-0.39, 0.29) is 42.7 Å². The number of methoxy groups -OCH3 is 2. The van der Waals surface area contributed by atoms with Gasteiger partial charge in [-0.15, -0.1) is 0 Å². The van der Waals surface area contributed by atoms with Crippen molar-refractivity contribution in [1.29, 1.82) is 0 Å². The molecule has 2 aromatic carbocycles. The number of carbonyl (C=O) groups excluding carboxylic acids is 2. The summed E-state index contributed by atoms with van der Waals surface area (Å²) < 4.78 is 29.0. The summed E-state index contributed by atoms with van der Waals surface area (Å²) in [5, 5.41) is 5.30. The predicted molar refractivity (Wildman–Crippen MR) is 115 cm³/mol. The third-order valence-electron chi connectivity index (χ3n) is 4.19. The van der Waals surface area contributed by atoms with E-state index in [9.17, 15) is 14.0 Å². The van der Waals surface area contributed by atoms with Gasteiger partial charge in [0.2, 0.25) is 5.91 Å². The van der Waals surface area contributed by atoms with Crippen molar-refractivity contribution in [3.05, 3.63) is 65.1 Å². The molecule has 7 nitrogen and oxygen atoms in total. The SMILES string of the molecule is C=C(CCC(=O)NCc1cc(OC)ccc1OC)NC(=O)COc1ccc(Cl)c(F)c1. The van der Waals surface area contributed by atoms with Gasteiger partial charge in [-0.2, -0.15) is 0 Å². The number of benzene rings is 2. The lowest BCUT2D eigenvalue weighted by Gasteiger charge is -2.12. The van der Waals surface area contributed by atoms with Crippen molar-refractivity contribution < 1.29 is 28.2 Å². The maximum atomic E-state index is 13.4. The normalized spacial score (nSPS) is 10.2. The Morgan fingerprint density at radius 2 is 1.77 bits per heavy atom. The molecule has 2 aromatic rings. The van der Waals surface area contributed by atoms with Gasteiger partial charge in [-0.05, 0) is 36.8 Å². The van der Waals surface area contributed by atoms with Gasteiger partial charge in [0.1, 0.15) is 23.1 Å². The van der Waals surface area contributed by atoms with Gasteiger partial charge in [-0.3, -0.25) is 9.59 Å². The van der Waals surface area contributed by atoms with E-state index in [0.29, 0.717) is 17.2 Å². The summed E-state index contributed by atoms with van der Waals surface area (Å²) >= 11 is 5.59. The Labute approximate surface area is 185 Å². The van der Waals surface area contributed by atoms with Crippen LogP contribution in [-0.2, 0) is 16.1 Å². The van der Waals surface area contributed by atoms with E-state index < -0.39 is 11.7 Å². The Bertz CT molecular complexity index is 951. The van der Waals surface area contributed by atoms with Gasteiger partial charge >= 0.3 is 0 Å². The molecular formula is C22H24ClFN2O5. The second-order valence-corrected chi connectivity index (χ2v) is 6.88. The molecule has 0 spiro atoms. The third kappa shape index (κ3) is 7.82. The third-order valence-corrected chi connectivity index (χ3v) is 4.50. The summed E-state index contributed by atoms with van der Waals surface area (Å²) in [7, 11) is 3.11. The van der Waals surface area contributed by atoms with E-state index in [1.807, 2.05) is 0 Å². The summed E-state index contributed by atoms with van der Waals surface area (Å²) in [6.07, 6.45) is 0.386. The van der Waals surface area contributed by atoms with Crippen LogP contribution in [0.3, 0.4) is 0 Å². The molecule has 0 unspecified atom stereocenters. The minimum Gasteiger partial charge on any atom is -0.497 e. The molecule has 0 saturated heterocycles. The highest BCUT2D eigenvalue weighted by Gasteiger charge is 2.10. The Balaban J connectivity index is 1.72. The largest absolute Gasteiger partial charge is 0.497 e. The fourth-order valence-corrected chi connectivity index (χ4v) is 2.70. The summed E-state index contributed by atoms with van der Waals surface area (Å²) in [5.41, 5.74) is 1.14. The standard InChI is InChI=1S/C22H24ClFN2O5/c1-14(26-22(28)13-31-17-5-7-18(23)19(24)11-17)4-9-21(27)25-12-15-10-16(29-2)6-8-20(15)30-3/h5-8,10-11H,1,4,9,12-13H2,2-3H3,(H,25,27)(H,26,28). The van der Waals surface area contributed by atoms with Crippen LogP contribution in [-0.4, -0.2) is 32.6 Å². The lowest BCUT2D eigenvalue weighted by atomic mass is 10.1. The van der Waals surface area contributed by atoms with Crippen LogP contribution < -0.4 is 24.8 Å². The highest BCUT2D eigenvalue weighted by Crippen LogP contribution is 2.24. The molecule has 0 aliphatic rings. The number of nitrogens with one attached hydrogen (secondary N) is 2. The average Bonchev–Trinajstić information content (AvgIpc) is 2.76. The topological polar surface area (TPSA) is 85.9 Å². The highest BCUT2D eigenvalue weighted by molar-refractivity contribution is 6.30. The van der Waals surface area contributed by atoms with Crippen molar-refractivity contribution in [3.63, 3.8) is 0 Å². The van der Waals surface area contributed by atoms with E-state index in [4.69, 9.17) is 25.8 Å². The molecule has 0 fully saturated rings. The molecule has 0 aliphatic carbocycles. The number of ether oxygens (including phenoxy) is 3. The fraction of sp³-hybridized carbons (Fsp3) is 0.273. The lowest BCUT2D eigenvalue weighted by molar-refractivity contribution is -0.123. The van der Waals surface area contributed by atoms with Crippen molar-refractivity contribution in [3.8, 4) is 17.2 Å². The van der Waals surface area contributed by atoms with Crippen LogP contribution in [0.15, 0.2) is 48.7 Å². The van der Waals surface area contributed by atoms with Crippen LogP contribution in [0.1, 0.15) is 18.4 Å². The molecule has 9 heteroatoms. The maximum absolute atomic E-state index is 13.4. The van der Waals surface area contributed by atoms with Gasteiger partial charge in [0.25, 0.3) is 5.91 Å². The minimum absolute atomic E-state index is 0.0340. The van der Waals surface area contributed by atoms with Gasteiger partial charge in [0.05, 0.1) is 19.2 Å². The van der Waals surface area contributed by atoms with Crippen LogP contribution in [0.25, 0.3) is 0 Å².